The highest BCUT2D eigenvalue weighted by atomic mass is 32.2. The first kappa shape index (κ1) is 19.4. The van der Waals surface area contributed by atoms with Crippen molar-refractivity contribution in [1.29, 1.82) is 0 Å². The van der Waals surface area contributed by atoms with Crippen molar-refractivity contribution in [3.8, 4) is 11.5 Å². The maximum absolute atomic E-state index is 12.4. The van der Waals surface area contributed by atoms with E-state index in [0.717, 1.165) is 19.3 Å². The van der Waals surface area contributed by atoms with Crippen LogP contribution in [0.4, 0.5) is 0 Å². The van der Waals surface area contributed by atoms with E-state index in [1.165, 1.54) is 12.1 Å². The summed E-state index contributed by atoms with van der Waals surface area (Å²) in [5.74, 6) is 0.256. The van der Waals surface area contributed by atoms with E-state index in [2.05, 4.69) is 15.4 Å². The molecule has 2 aliphatic rings. The fourth-order valence-electron chi connectivity index (χ4n) is 2.47. The second kappa shape index (κ2) is 8.57. The Balaban J connectivity index is 1.46. The molecule has 0 saturated heterocycles. The van der Waals surface area contributed by atoms with Crippen LogP contribution in [-0.2, 0) is 19.6 Å². The van der Waals surface area contributed by atoms with Crippen molar-refractivity contribution >= 4 is 21.8 Å². The van der Waals surface area contributed by atoms with Gasteiger partial charge in [-0.1, -0.05) is 0 Å². The van der Waals surface area contributed by atoms with Crippen LogP contribution in [0.5, 0.6) is 11.5 Å². The Morgan fingerprint density at radius 1 is 1.07 bits per heavy atom. The minimum Gasteiger partial charge on any atom is -0.490 e. The molecule has 0 atom stereocenters. The van der Waals surface area contributed by atoms with Crippen molar-refractivity contribution < 1.29 is 27.5 Å². The Morgan fingerprint density at radius 3 is 2.56 bits per heavy atom. The van der Waals surface area contributed by atoms with Gasteiger partial charge in [0.25, 0.3) is 0 Å². The largest absolute Gasteiger partial charge is 0.490 e. The molecule has 3 rings (SSSR count). The molecule has 0 bridgehead atoms. The average Bonchev–Trinajstić information content (AvgIpc) is 3.45. The number of carbonyl (C=O) groups is 2. The summed E-state index contributed by atoms with van der Waals surface area (Å²) >= 11 is 0. The van der Waals surface area contributed by atoms with Crippen molar-refractivity contribution in [3.63, 3.8) is 0 Å². The number of benzene rings is 1. The van der Waals surface area contributed by atoms with E-state index in [9.17, 15) is 18.0 Å². The van der Waals surface area contributed by atoms with E-state index in [1.54, 1.807) is 6.07 Å². The zero-order valence-electron chi connectivity index (χ0n) is 14.8. The molecule has 0 radical (unpaired) electrons. The number of nitrogens with one attached hydrogen (secondary N) is 3. The van der Waals surface area contributed by atoms with Gasteiger partial charge in [0.2, 0.25) is 21.8 Å². The fourth-order valence-corrected chi connectivity index (χ4v) is 3.51. The van der Waals surface area contributed by atoms with Crippen LogP contribution in [0.2, 0.25) is 0 Å². The highest BCUT2D eigenvalue weighted by molar-refractivity contribution is 7.89. The van der Waals surface area contributed by atoms with Gasteiger partial charge in [0, 0.05) is 31.5 Å². The molecule has 0 unspecified atom stereocenters. The predicted molar refractivity (Wildman–Crippen MR) is 96.0 cm³/mol. The molecule has 0 aromatic heterocycles. The summed E-state index contributed by atoms with van der Waals surface area (Å²) in [5.41, 5.74) is 0. The molecule has 2 amide bonds. The fraction of sp³-hybridized carbons (Fsp3) is 0.529. The zero-order chi connectivity index (χ0) is 19.3. The number of sulfonamides is 1. The van der Waals surface area contributed by atoms with E-state index in [1.807, 2.05) is 0 Å². The summed E-state index contributed by atoms with van der Waals surface area (Å²) in [4.78, 5) is 23.3. The molecule has 27 heavy (non-hydrogen) atoms. The van der Waals surface area contributed by atoms with E-state index < -0.39 is 15.9 Å². The van der Waals surface area contributed by atoms with Crippen LogP contribution in [-0.4, -0.2) is 52.6 Å². The lowest BCUT2D eigenvalue weighted by atomic mass is 10.3. The molecule has 1 aliphatic heterocycles. The lowest BCUT2D eigenvalue weighted by Gasteiger charge is -2.11. The third-order valence-corrected chi connectivity index (χ3v) is 5.52. The lowest BCUT2D eigenvalue weighted by Crippen LogP contribution is -2.39. The van der Waals surface area contributed by atoms with Crippen LogP contribution in [0.15, 0.2) is 23.1 Å². The monoisotopic (exact) mass is 397 g/mol. The van der Waals surface area contributed by atoms with Crippen LogP contribution in [0.1, 0.15) is 25.7 Å². The number of rotatable bonds is 8. The van der Waals surface area contributed by atoms with Gasteiger partial charge in [0.15, 0.2) is 11.5 Å². The van der Waals surface area contributed by atoms with E-state index >= 15 is 0 Å². The maximum Gasteiger partial charge on any atom is 0.240 e. The number of amides is 2. The van der Waals surface area contributed by atoms with Crippen molar-refractivity contribution in [2.75, 3.05) is 26.3 Å². The molecule has 148 valence electrons. The third kappa shape index (κ3) is 5.83. The molecule has 1 heterocycles. The lowest BCUT2D eigenvalue weighted by molar-refractivity contribution is -0.126. The topological polar surface area (TPSA) is 123 Å². The summed E-state index contributed by atoms with van der Waals surface area (Å²) in [6.07, 6.45) is 2.60. The van der Waals surface area contributed by atoms with Gasteiger partial charge in [-0.05, 0) is 25.0 Å². The molecular formula is C17H23N3O6S. The highest BCUT2D eigenvalue weighted by Crippen LogP contribution is 2.31. The molecular weight excluding hydrogens is 374 g/mol. The van der Waals surface area contributed by atoms with Crippen LogP contribution >= 0.6 is 0 Å². The Bertz CT molecular complexity index is 807. The first-order chi connectivity index (χ1) is 12.9. The minimum atomic E-state index is -3.79. The summed E-state index contributed by atoms with van der Waals surface area (Å²) < 4.78 is 38.1. The maximum atomic E-state index is 12.4. The van der Waals surface area contributed by atoms with Crippen molar-refractivity contribution in [2.24, 2.45) is 0 Å². The van der Waals surface area contributed by atoms with Crippen molar-refractivity contribution in [3.05, 3.63) is 18.2 Å². The van der Waals surface area contributed by atoms with Crippen LogP contribution in [0.25, 0.3) is 0 Å². The Hall–Kier alpha value is -2.33. The van der Waals surface area contributed by atoms with Crippen LogP contribution < -0.4 is 24.8 Å². The van der Waals surface area contributed by atoms with E-state index in [4.69, 9.17) is 9.47 Å². The van der Waals surface area contributed by atoms with Gasteiger partial charge in [-0.3, -0.25) is 9.59 Å². The Kier molecular flexibility index (Phi) is 6.17. The molecule has 1 aromatic rings. The Morgan fingerprint density at radius 2 is 1.81 bits per heavy atom. The third-order valence-electron chi connectivity index (χ3n) is 4.06. The molecule has 1 saturated carbocycles. The van der Waals surface area contributed by atoms with Gasteiger partial charge >= 0.3 is 0 Å². The normalized spacial score (nSPS) is 16.3. The number of hydrogen-bond donors (Lipinski definition) is 3. The molecule has 3 N–H and O–H groups in total. The second-order valence-electron chi connectivity index (χ2n) is 6.43. The minimum absolute atomic E-state index is 0.0379. The number of ether oxygens (including phenoxy) is 2. The van der Waals surface area contributed by atoms with Crippen molar-refractivity contribution in [2.45, 2.75) is 36.6 Å². The Labute approximate surface area is 157 Å². The first-order valence-electron chi connectivity index (χ1n) is 8.89. The zero-order valence-corrected chi connectivity index (χ0v) is 15.6. The molecule has 9 nitrogen and oxygen atoms in total. The van der Waals surface area contributed by atoms with Crippen molar-refractivity contribution in [1.82, 2.24) is 15.4 Å². The number of carbonyl (C=O) groups excluding carboxylic acids is 2. The highest BCUT2D eigenvalue weighted by Gasteiger charge is 2.23. The molecule has 10 heteroatoms. The van der Waals surface area contributed by atoms with Gasteiger partial charge < -0.3 is 20.1 Å². The first-order valence-corrected chi connectivity index (χ1v) is 10.4. The number of hydrogen-bond acceptors (Lipinski definition) is 6. The van der Waals surface area contributed by atoms with Gasteiger partial charge in [-0.15, -0.1) is 0 Å². The average molecular weight is 397 g/mol. The summed E-state index contributed by atoms with van der Waals surface area (Å²) in [7, 11) is -3.79. The summed E-state index contributed by atoms with van der Waals surface area (Å²) in [6, 6.07) is 4.63. The SMILES string of the molecule is O=C(CCNS(=O)(=O)c1ccc2c(c1)OCCCO2)NCC(=O)NC1CC1. The molecule has 1 aliphatic carbocycles. The quantitative estimate of drug-likeness (QED) is 0.563. The van der Waals surface area contributed by atoms with Gasteiger partial charge in [0.1, 0.15) is 0 Å². The van der Waals surface area contributed by atoms with Crippen LogP contribution in [0.3, 0.4) is 0 Å². The molecule has 0 spiro atoms. The van der Waals surface area contributed by atoms with Gasteiger partial charge in [-0.25, -0.2) is 13.1 Å². The smallest absolute Gasteiger partial charge is 0.240 e. The predicted octanol–water partition coefficient (Wildman–Crippen LogP) is -0.0889. The second-order valence-corrected chi connectivity index (χ2v) is 8.19. The van der Waals surface area contributed by atoms with Gasteiger partial charge in [-0.2, -0.15) is 0 Å². The molecule has 1 fully saturated rings. The standard InChI is InChI=1S/C17H23N3O6S/c21-16(18-11-17(22)20-12-2-3-12)6-7-19-27(23,24)13-4-5-14-15(10-13)26-9-1-8-25-14/h4-5,10,12,19H,1-3,6-9,11H2,(H,18,21)(H,20,22). The van der Waals surface area contributed by atoms with Crippen LogP contribution in [0, 0.1) is 0 Å². The molecule has 1 aromatic carbocycles. The van der Waals surface area contributed by atoms with Gasteiger partial charge in [0.05, 0.1) is 24.7 Å². The summed E-state index contributed by atoms with van der Waals surface area (Å²) in [5, 5.41) is 5.22. The van der Waals surface area contributed by atoms with E-state index in [-0.39, 0.29) is 36.4 Å². The summed E-state index contributed by atoms with van der Waals surface area (Å²) in [6.45, 7) is 0.792. The van der Waals surface area contributed by atoms with E-state index in [0.29, 0.717) is 24.7 Å². The number of fused-ring (bicyclic) bond motifs is 1.